The molecule has 0 unspecified atom stereocenters. The van der Waals surface area contributed by atoms with Crippen LogP contribution in [0.3, 0.4) is 0 Å². The molecule has 0 saturated carbocycles. The van der Waals surface area contributed by atoms with Gasteiger partial charge in [0.1, 0.15) is 0 Å². The predicted molar refractivity (Wildman–Crippen MR) is 86.3 cm³/mol. The van der Waals surface area contributed by atoms with Gasteiger partial charge in [-0.25, -0.2) is 9.97 Å². The molecule has 0 bridgehead atoms. The van der Waals surface area contributed by atoms with Crippen LogP contribution in [-0.2, 0) is 6.18 Å². The lowest BCUT2D eigenvalue weighted by Gasteiger charge is -2.34. The predicted octanol–water partition coefficient (Wildman–Crippen LogP) is 4.33. The summed E-state index contributed by atoms with van der Waals surface area (Å²) in [5.74, 6) is -0.831. The zero-order valence-electron chi connectivity index (χ0n) is 12.9. The van der Waals surface area contributed by atoms with Crippen molar-refractivity contribution in [1.29, 1.82) is 0 Å². The van der Waals surface area contributed by atoms with Gasteiger partial charge in [0.05, 0.1) is 10.6 Å². The highest BCUT2D eigenvalue weighted by molar-refractivity contribution is 7.13. The molecule has 0 spiro atoms. The van der Waals surface area contributed by atoms with Crippen LogP contribution < -0.4 is 5.01 Å². The SMILES string of the molecule is CC1=NN(c2nc(-c3cccs3)cc(C(F)(F)F)n2)[C@@](O)(C(F)(F)Cl)C1. The summed E-state index contributed by atoms with van der Waals surface area (Å²) in [7, 11) is 0. The van der Waals surface area contributed by atoms with E-state index in [9.17, 15) is 27.1 Å². The smallest absolute Gasteiger partial charge is 0.363 e. The molecule has 5 nitrogen and oxygen atoms in total. The van der Waals surface area contributed by atoms with Gasteiger partial charge in [0, 0.05) is 12.1 Å². The average Bonchev–Trinajstić information content (AvgIpc) is 3.13. The highest BCUT2D eigenvalue weighted by Gasteiger charge is 2.60. The third kappa shape index (κ3) is 3.26. The number of halogens is 6. The Hall–Kier alpha value is -1.85. The summed E-state index contributed by atoms with van der Waals surface area (Å²) in [4.78, 5) is 7.52. The summed E-state index contributed by atoms with van der Waals surface area (Å²) in [6.45, 7) is 1.32. The Morgan fingerprint density at radius 1 is 1.27 bits per heavy atom. The molecule has 26 heavy (non-hydrogen) atoms. The van der Waals surface area contributed by atoms with E-state index in [2.05, 4.69) is 15.1 Å². The number of aliphatic hydroxyl groups is 1. The van der Waals surface area contributed by atoms with Crippen molar-refractivity contribution in [2.45, 2.75) is 30.6 Å². The molecule has 140 valence electrons. The monoisotopic (exact) mass is 412 g/mol. The number of hydrogen-bond acceptors (Lipinski definition) is 6. The molecular formula is C14H10ClF5N4OS. The number of nitrogens with zero attached hydrogens (tertiary/aromatic N) is 4. The molecule has 0 aliphatic carbocycles. The summed E-state index contributed by atoms with van der Waals surface area (Å²) in [5, 5.41) is 11.6. The largest absolute Gasteiger partial charge is 0.433 e. The number of thiophene rings is 1. The highest BCUT2D eigenvalue weighted by atomic mass is 35.5. The topological polar surface area (TPSA) is 61.6 Å². The number of anilines is 1. The Morgan fingerprint density at radius 2 is 1.96 bits per heavy atom. The zero-order valence-corrected chi connectivity index (χ0v) is 14.5. The van der Waals surface area contributed by atoms with Crippen LogP contribution in [0.2, 0.25) is 0 Å². The fraction of sp³-hybridized carbons (Fsp3) is 0.357. The van der Waals surface area contributed by atoms with Gasteiger partial charge in [0.25, 0.3) is 0 Å². The van der Waals surface area contributed by atoms with E-state index in [1.807, 2.05) is 0 Å². The molecule has 12 heteroatoms. The lowest BCUT2D eigenvalue weighted by atomic mass is 10.1. The van der Waals surface area contributed by atoms with Crippen LogP contribution in [0.15, 0.2) is 28.7 Å². The van der Waals surface area contributed by atoms with Crippen LogP contribution in [-0.4, -0.2) is 31.9 Å². The van der Waals surface area contributed by atoms with Gasteiger partial charge >= 0.3 is 11.6 Å². The minimum atomic E-state index is -4.86. The van der Waals surface area contributed by atoms with Gasteiger partial charge in [-0.1, -0.05) is 6.07 Å². The molecule has 1 aliphatic rings. The number of hydrogen-bond donors (Lipinski definition) is 1. The van der Waals surface area contributed by atoms with E-state index in [1.165, 1.54) is 13.0 Å². The number of aromatic nitrogens is 2. The minimum absolute atomic E-state index is 0.0338. The summed E-state index contributed by atoms with van der Waals surface area (Å²) in [6, 6.07) is 3.80. The second kappa shape index (κ2) is 6.10. The van der Waals surface area contributed by atoms with Crippen LogP contribution >= 0.6 is 22.9 Å². The molecule has 0 saturated heterocycles. The van der Waals surface area contributed by atoms with Crippen molar-refractivity contribution in [3.63, 3.8) is 0 Å². The molecule has 2 aromatic heterocycles. The Labute approximate surface area is 152 Å². The van der Waals surface area contributed by atoms with E-state index in [-0.39, 0.29) is 16.4 Å². The summed E-state index contributed by atoms with van der Waals surface area (Å²) in [5.41, 5.74) is -4.55. The first-order valence-electron chi connectivity index (χ1n) is 7.05. The van der Waals surface area contributed by atoms with Crippen molar-refractivity contribution >= 4 is 34.6 Å². The van der Waals surface area contributed by atoms with E-state index >= 15 is 0 Å². The second-order valence-electron chi connectivity index (χ2n) is 5.55. The summed E-state index contributed by atoms with van der Waals surface area (Å²) < 4.78 is 67.1. The first-order chi connectivity index (χ1) is 11.9. The Bertz CT molecular complexity index is 852. The standard InChI is InChI=1S/C14H10ClF5N4OS/c1-7-6-12(25,14(15,19)20)24(23-7)11-21-8(9-3-2-4-26-9)5-10(22-11)13(16,17)18/h2-5,25H,6H2,1H3/t12-/m0/s1. The molecule has 1 aliphatic heterocycles. The fourth-order valence-electron chi connectivity index (χ4n) is 2.38. The number of rotatable bonds is 3. The van der Waals surface area contributed by atoms with Crippen molar-refractivity contribution in [2.75, 3.05) is 5.01 Å². The molecule has 0 fully saturated rings. The van der Waals surface area contributed by atoms with Gasteiger partial charge in [0.2, 0.25) is 11.7 Å². The van der Waals surface area contributed by atoms with Crippen molar-refractivity contribution in [1.82, 2.24) is 9.97 Å². The van der Waals surface area contributed by atoms with E-state index in [0.29, 0.717) is 10.9 Å². The molecule has 2 aromatic rings. The van der Waals surface area contributed by atoms with Gasteiger partial charge < -0.3 is 5.11 Å². The third-order valence-corrected chi connectivity index (χ3v) is 4.74. The van der Waals surface area contributed by atoms with E-state index < -0.39 is 35.3 Å². The molecule has 3 rings (SSSR count). The third-order valence-electron chi connectivity index (χ3n) is 3.55. The molecule has 1 atom stereocenters. The fourth-order valence-corrected chi connectivity index (χ4v) is 3.21. The molecule has 0 aromatic carbocycles. The van der Waals surface area contributed by atoms with Crippen LogP contribution in [0, 0.1) is 0 Å². The summed E-state index contributed by atoms with van der Waals surface area (Å²) in [6.07, 6.45) is -5.54. The maximum atomic E-state index is 13.8. The van der Waals surface area contributed by atoms with Crippen LogP contribution in [0.25, 0.3) is 10.6 Å². The first kappa shape index (κ1) is 18.9. The number of hydrazone groups is 1. The lowest BCUT2D eigenvalue weighted by molar-refractivity contribution is -0.141. The molecule has 0 amide bonds. The van der Waals surface area contributed by atoms with Crippen molar-refractivity contribution in [2.24, 2.45) is 5.10 Å². The quantitative estimate of drug-likeness (QED) is 0.602. The Kier molecular flexibility index (Phi) is 4.44. The van der Waals surface area contributed by atoms with Crippen LogP contribution in [0.1, 0.15) is 19.0 Å². The first-order valence-corrected chi connectivity index (χ1v) is 8.31. The normalized spacial score (nSPS) is 21.2. The van der Waals surface area contributed by atoms with Gasteiger partial charge in [0.15, 0.2) is 5.69 Å². The molecule has 3 heterocycles. The zero-order chi connectivity index (χ0) is 19.3. The minimum Gasteiger partial charge on any atom is -0.363 e. The second-order valence-corrected chi connectivity index (χ2v) is 6.97. The Balaban J connectivity index is 2.19. The van der Waals surface area contributed by atoms with Crippen molar-refractivity contribution < 1.29 is 27.1 Å². The van der Waals surface area contributed by atoms with Gasteiger partial charge in [-0.2, -0.15) is 32.1 Å². The van der Waals surface area contributed by atoms with Gasteiger partial charge in [-0.15, -0.1) is 11.3 Å². The summed E-state index contributed by atoms with van der Waals surface area (Å²) >= 11 is 6.09. The van der Waals surface area contributed by atoms with Crippen LogP contribution in [0.5, 0.6) is 0 Å². The van der Waals surface area contributed by atoms with E-state index in [4.69, 9.17) is 11.6 Å². The van der Waals surface area contributed by atoms with Crippen molar-refractivity contribution in [3.8, 4) is 10.6 Å². The Morgan fingerprint density at radius 3 is 2.50 bits per heavy atom. The lowest BCUT2D eigenvalue weighted by Crippen LogP contribution is -2.55. The number of alkyl halides is 6. The average molecular weight is 413 g/mol. The van der Waals surface area contributed by atoms with E-state index in [1.54, 1.807) is 11.4 Å². The maximum absolute atomic E-state index is 13.8. The molecule has 0 radical (unpaired) electrons. The molecule has 1 N–H and O–H groups in total. The van der Waals surface area contributed by atoms with E-state index in [0.717, 1.165) is 11.3 Å². The van der Waals surface area contributed by atoms with Gasteiger partial charge in [-0.3, -0.25) is 0 Å². The highest BCUT2D eigenvalue weighted by Crippen LogP contribution is 2.44. The molecular weight excluding hydrogens is 403 g/mol. The maximum Gasteiger partial charge on any atom is 0.433 e. The van der Waals surface area contributed by atoms with Crippen LogP contribution in [0.4, 0.5) is 27.9 Å². The van der Waals surface area contributed by atoms with Gasteiger partial charge in [-0.05, 0) is 36.0 Å². The van der Waals surface area contributed by atoms with Crippen molar-refractivity contribution in [3.05, 3.63) is 29.3 Å².